The number of sulfonamides is 1. The highest BCUT2D eigenvalue weighted by Gasteiger charge is 2.27. The molecule has 3 aromatic rings. The number of aryl methyl sites for hydroxylation is 1. The lowest BCUT2D eigenvalue weighted by Gasteiger charge is -2.24. The number of carbonyl (C=O) groups is 1. The molecule has 0 atom stereocenters. The fourth-order valence-corrected chi connectivity index (χ4v) is 4.81. The summed E-state index contributed by atoms with van der Waals surface area (Å²) in [6.45, 7) is 5.58. The predicted molar refractivity (Wildman–Crippen MR) is 133 cm³/mol. The molecule has 7 nitrogen and oxygen atoms in total. The molecule has 1 amide bonds. The van der Waals surface area contributed by atoms with Gasteiger partial charge < -0.3 is 14.8 Å². The van der Waals surface area contributed by atoms with Crippen molar-refractivity contribution in [3.63, 3.8) is 0 Å². The fraction of sp³-hybridized carbons (Fsp3) is 0.269. The number of benzene rings is 3. The number of methoxy groups -OCH3 is 1. The molecule has 1 N–H and O–H groups in total. The van der Waals surface area contributed by atoms with E-state index in [4.69, 9.17) is 9.47 Å². The average Bonchev–Trinajstić information content (AvgIpc) is 2.82. The second-order valence-electron chi connectivity index (χ2n) is 8.09. The molecular weight excluding hydrogens is 452 g/mol. The Balaban J connectivity index is 1.79. The molecule has 0 aromatic heterocycles. The van der Waals surface area contributed by atoms with Crippen LogP contribution in [0.5, 0.6) is 11.5 Å². The molecule has 0 saturated carbocycles. The summed E-state index contributed by atoms with van der Waals surface area (Å²) in [5, 5.41) is 2.81. The molecule has 0 heterocycles. The second kappa shape index (κ2) is 11.1. The van der Waals surface area contributed by atoms with Gasteiger partial charge in [0, 0.05) is 6.54 Å². The van der Waals surface area contributed by atoms with E-state index >= 15 is 0 Å². The molecule has 0 fully saturated rings. The van der Waals surface area contributed by atoms with E-state index in [0.29, 0.717) is 17.2 Å². The molecule has 3 aromatic carbocycles. The van der Waals surface area contributed by atoms with Gasteiger partial charge in [-0.15, -0.1) is 0 Å². The van der Waals surface area contributed by atoms with Crippen molar-refractivity contribution in [3.05, 3.63) is 83.9 Å². The molecule has 0 unspecified atom stereocenters. The van der Waals surface area contributed by atoms with Crippen LogP contribution in [0.2, 0.25) is 0 Å². The van der Waals surface area contributed by atoms with Crippen molar-refractivity contribution in [1.82, 2.24) is 5.32 Å². The van der Waals surface area contributed by atoms with E-state index in [1.807, 2.05) is 32.9 Å². The quantitative estimate of drug-likeness (QED) is 0.466. The summed E-state index contributed by atoms with van der Waals surface area (Å²) in [6, 6.07) is 20.6. The van der Waals surface area contributed by atoms with Crippen LogP contribution in [0.25, 0.3) is 0 Å². The summed E-state index contributed by atoms with van der Waals surface area (Å²) in [6.07, 6.45) is -0.00128. The number of amides is 1. The molecule has 0 spiro atoms. The van der Waals surface area contributed by atoms with Crippen molar-refractivity contribution < 1.29 is 22.7 Å². The van der Waals surface area contributed by atoms with Crippen LogP contribution in [0.15, 0.2) is 77.7 Å². The van der Waals surface area contributed by atoms with Crippen LogP contribution in [-0.2, 0) is 21.4 Å². The average molecular weight is 483 g/mol. The van der Waals surface area contributed by atoms with Crippen LogP contribution in [-0.4, -0.2) is 34.1 Å². The summed E-state index contributed by atoms with van der Waals surface area (Å²) in [5.74, 6) is 0.753. The topological polar surface area (TPSA) is 84.9 Å². The number of nitrogens with zero attached hydrogens (tertiary/aromatic N) is 1. The van der Waals surface area contributed by atoms with Crippen molar-refractivity contribution >= 4 is 21.6 Å². The van der Waals surface area contributed by atoms with Gasteiger partial charge in [0.25, 0.3) is 10.0 Å². The largest absolute Gasteiger partial charge is 0.493 e. The van der Waals surface area contributed by atoms with E-state index in [2.05, 4.69) is 5.32 Å². The standard InChI is InChI=1S/C26H30N2O5S/c1-19(2)33-24-14-13-21(16-25(24)32-4)17-27-26(29)18-28(22-10-8-9-20(3)15-22)34(30,31)23-11-6-5-7-12-23/h5-16,19H,17-18H2,1-4H3,(H,27,29). The molecule has 8 heteroatoms. The zero-order chi connectivity index (χ0) is 24.7. The Kier molecular flexibility index (Phi) is 8.17. The van der Waals surface area contributed by atoms with E-state index in [0.717, 1.165) is 15.4 Å². The third kappa shape index (κ3) is 6.29. The maximum Gasteiger partial charge on any atom is 0.264 e. The molecule has 0 aliphatic rings. The van der Waals surface area contributed by atoms with Gasteiger partial charge in [-0.25, -0.2) is 8.42 Å². The van der Waals surface area contributed by atoms with Gasteiger partial charge in [-0.2, -0.15) is 0 Å². The molecule has 180 valence electrons. The molecule has 3 rings (SSSR count). The lowest BCUT2D eigenvalue weighted by molar-refractivity contribution is -0.119. The Morgan fingerprint density at radius 3 is 2.35 bits per heavy atom. The zero-order valence-corrected chi connectivity index (χ0v) is 20.6. The van der Waals surface area contributed by atoms with Crippen molar-refractivity contribution in [2.45, 2.75) is 38.3 Å². The van der Waals surface area contributed by atoms with Crippen LogP contribution in [0.1, 0.15) is 25.0 Å². The zero-order valence-electron chi connectivity index (χ0n) is 19.8. The molecule has 0 radical (unpaired) electrons. The minimum absolute atomic E-state index is 0.00128. The fourth-order valence-electron chi connectivity index (χ4n) is 3.38. The number of rotatable bonds is 10. The number of ether oxygens (including phenoxy) is 2. The van der Waals surface area contributed by atoms with E-state index in [9.17, 15) is 13.2 Å². The van der Waals surface area contributed by atoms with Gasteiger partial charge in [0.05, 0.1) is 23.8 Å². The minimum Gasteiger partial charge on any atom is -0.493 e. The lowest BCUT2D eigenvalue weighted by atomic mass is 10.2. The van der Waals surface area contributed by atoms with Crippen molar-refractivity contribution in [2.24, 2.45) is 0 Å². The van der Waals surface area contributed by atoms with Gasteiger partial charge in [-0.05, 0) is 68.3 Å². The number of hydrogen-bond donors (Lipinski definition) is 1. The Morgan fingerprint density at radius 1 is 0.971 bits per heavy atom. The highest BCUT2D eigenvalue weighted by Crippen LogP contribution is 2.29. The van der Waals surface area contributed by atoms with E-state index < -0.39 is 15.9 Å². The third-order valence-electron chi connectivity index (χ3n) is 4.99. The Morgan fingerprint density at radius 2 is 1.71 bits per heavy atom. The van der Waals surface area contributed by atoms with Crippen molar-refractivity contribution in [2.75, 3.05) is 18.0 Å². The summed E-state index contributed by atoms with van der Waals surface area (Å²) >= 11 is 0. The van der Waals surface area contributed by atoms with Crippen molar-refractivity contribution in [3.8, 4) is 11.5 Å². The van der Waals surface area contributed by atoms with E-state index in [1.54, 1.807) is 55.6 Å². The number of carbonyl (C=O) groups excluding carboxylic acids is 1. The highest BCUT2D eigenvalue weighted by molar-refractivity contribution is 7.92. The smallest absolute Gasteiger partial charge is 0.264 e. The van der Waals surface area contributed by atoms with Crippen LogP contribution in [0.3, 0.4) is 0 Å². The first kappa shape index (κ1) is 25.1. The Hall–Kier alpha value is -3.52. The summed E-state index contributed by atoms with van der Waals surface area (Å²) < 4.78 is 39.0. The lowest BCUT2D eigenvalue weighted by Crippen LogP contribution is -2.40. The van der Waals surface area contributed by atoms with Gasteiger partial charge in [0.15, 0.2) is 11.5 Å². The SMILES string of the molecule is COc1cc(CNC(=O)CN(c2cccc(C)c2)S(=O)(=O)c2ccccc2)ccc1OC(C)C. The number of anilines is 1. The summed E-state index contributed by atoms with van der Waals surface area (Å²) in [5.41, 5.74) is 2.12. The molecule has 0 bridgehead atoms. The van der Waals surface area contributed by atoms with Crippen molar-refractivity contribution in [1.29, 1.82) is 0 Å². The first-order valence-corrected chi connectivity index (χ1v) is 12.4. The first-order chi connectivity index (χ1) is 16.2. The van der Waals surface area contributed by atoms with Gasteiger partial charge in [-0.1, -0.05) is 36.4 Å². The van der Waals surface area contributed by atoms with Crippen LogP contribution >= 0.6 is 0 Å². The maximum atomic E-state index is 13.4. The molecular formula is C26H30N2O5S. The van der Waals surface area contributed by atoms with Gasteiger partial charge in [0.2, 0.25) is 5.91 Å². The minimum atomic E-state index is -3.94. The number of nitrogens with one attached hydrogen (secondary N) is 1. The van der Waals surface area contributed by atoms with Gasteiger partial charge in [0.1, 0.15) is 6.54 Å². The third-order valence-corrected chi connectivity index (χ3v) is 6.78. The normalized spacial score (nSPS) is 11.2. The number of hydrogen-bond acceptors (Lipinski definition) is 5. The van der Waals surface area contributed by atoms with Crippen LogP contribution < -0.4 is 19.1 Å². The Labute approximate surface area is 201 Å². The predicted octanol–water partition coefficient (Wildman–Crippen LogP) is 4.30. The van der Waals surface area contributed by atoms with Crippen LogP contribution in [0.4, 0.5) is 5.69 Å². The van der Waals surface area contributed by atoms with E-state index in [-0.39, 0.29) is 24.1 Å². The molecule has 0 aliphatic heterocycles. The maximum absolute atomic E-state index is 13.4. The van der Waals surface area contributed by atoms with Gasteiger partial charge in [-0.3, -0.25) is 9.10 Å². The summed E-state index contributed by atoms with van der Waals surface area (Å²) in [7, 11) is -2.39. The second-order valence-corrected chi connectivity index (χ2v) is 9.95. The van der Waals surface area contributed by atoms with Gasteiger partial charge >= 0.3 is 0 Å². The highest BCUT2D eigenvalue weighted by atomic mass is 32.2. The molecule has 0 aliphatic carbocycles. The van der Waals surface area contributed by atoms with E-state index in [1.165, 1.54) is 12.1 Å². The molecule has 0 saturated heterocycles. The monoisotopic (exact) mass is 482 g/mol. The molecule has 34 heavy (non-hydrogen) atoms. The Bertz CT molecular complexity index is 1230. The first-order valence-electron chi connectivity index (χ1n) is 11.0. The van der Waals surface area contributed by atoms with Crippen LogP contribution in [0, 0.1) is 6.92 Å². The summed E-state index contributed by atoms with van der Waals surface area (Å²) in [4.78, 5) is 13.0.